The lowest BCUT2D eigenvalue weighted by molar-refractivity contribution is -0.139. The van der Waals surface area contributed by atoms with Crippen molar-refractivity contribution in [2.75, 3.05) is 23.3 Å². The molecule has 7 nitrogen and oxygen atoms in total. The Labute approximate surface area is 182 Å². The van der Waals surface area contributed by atoms with Gasteiger partial charge < -0.3 is 15.3 Å². The number of hydrogen-bond donors (Lipinski definition) is 3. The first-order valence-electron chi connectivity index (χ1n) is 10.7. The highest BCUT2D eigenvalue weighted by Gasteiger charge is 2.38. The molecule has 1 aliphatic heterocycles. The van der Waals surface area contributed by atoms with Crippen LogP contribution in [-0.4, -0.2) is 44.8 Å². The van der Waals surface area contributed by atoms with Gasteiger partial charge in [0.15, 0.2) is 11.6 Å². The molecule has 0 atom stereocenters. The second kappa shape index (κ2) is 8.89. The third-order valence-corrected chi connectivity index (χ3v) is 5.84. The van der Waals surface area contributed by atoms with Crippen LogP contribution in [0.3, 0.4) is 0 Å². The van der Waals surface area contributed by atoms with E-state index in [-0.39, 0.29) is 5.78 Å². The fraction of sp³-hybridized carbons (Fsp3) is 0.375. The molecule has 1 fully saturated rings. The van der Waals surface area contributed by atoms with Gasteiger partial charge in [-0.15, -0.1) is 0 Å². The highest BCUT2D eigenvalue weighted by atomic mass is 16.3. The molecular weight excluding hydrogens is 390 g/mol. The number of aliphatic hydroxyl groups is 1. The van der Waals surface area contributed by atoms with Crippen LogP contribution in [0.4, 0.5) is 17.5 Å². The predicted octanol–water partition coefficient (Wildman–Crippen LogP) is 3.70. The maximum atomic E-state index is 12.7. The van der Waals surface area contributed by atoms with Crippen molar-refractivity contribution >= 4 is 23.2 Å². The summed E-state index contributed by atoms with van der Waals surface area (Å²) >= 11 is 0. The normalized spacial score (nSPS) is 15.6. The van der Waals surface area contributed by atoms with E-state index in [1.165, 1.54) is 0 Å². The number of aromatic nitrogens is 3. The predicted molar refractivity (Wildman–Crippen MR) is 122 cm³/mol. The Morgan fingerprint density at radius 2 is 1.87 bits per heavy atom. The number of ketones is 1. The van der Waals surface area contributed by atoms with Crippen molar-refractivity contribution in [3.8, 4) is 0 Å². The number of carbonyl (C=O) groups is 1. The van der Waals surface area contributed by atoms with Gasteiger partial charge in [-0.05, 0) is 43.5 Å². The molecule has 3 aromatic rings. The van der Waals surface area contributed by atoms with E-state index in [4.69, 9.17) is 4.98 Å². The van der Waals surface area contributed by atoms with Crippen LogP contribution in [0.25, 0.3) is 0 Å². The number of rotatable bonds is 7. The largest absolute Gasteiger partial charge is 0.382 e. The SMILES string of the molecule is Cc1cc(Nc2cc(C)[nH]n2)nc(N2CCC(O)(C(=O)CCc3ccccc3)CC2)c1. The second-order valence-corrected chi connectivity index (χ2v) is 8.38. The summed E-state index contributed by atoms with van der Waals surface area (Å²) in [6, 6.07) is 15.9. The van der Waals surface area contributed by atoms with Gasteiger partial charge in [-0.2, -0.15) is 5.10 Å². The first-order valence-corrected chi connectivity index (χ1v) is 10.7. The lowest BCUT2D eigenvalue weighted by Gasteiger charge is -2.38. The molecule has 7 heteroatoms. The topological polar surface area (TPSA) is 94.1 Å². The third-order valence-electron chi connectivity index (χ3n) is 5.84. The molecule has 0 unspecified atom stereocenters. The molecular formula is C24H29N5O2. The van der Waals surface area contributed by atoms with E-state index >= 15 is 0 Å². The van der Waals surface area contributed by atoms with Crippen molar-refractivity contribution in [3.05, 3.63) is 65.4 Å². The van der Waals surface area contributed by atoms with Crippen molar-refractivity contribution in [1.82, 2.24) is 15.2 Å². The summed E-state index contributed by atoms with van der Waals surface area (Å²) in [5, 5.41) is 21.3. The maximum absolute atomic E-state index is 12.7. The average Bonchev–Trinajstić information content (AvgIpc) is 3.17. The minimum atomic E-state index is -1.25. The molecule has 0 amide bonds. The minimum Gasteiger partial charge on any atom is -0.382 e. The van der Waals surface area contributed by atoms with E-state index in [9.17, 15) is 9.90 Å². The number of carbonyl (C=O) groups excluding carboxylic acids is 1. The van der Waals surface area contributed by atoms with Crippen molar-refractivity contribution < 1.29 is 9.90 Å². The summed E-state index contributed by atoms with van der Waals surface area (Å²) in [6.45, 7) is 5.15. The number of hydrogen-bond acceptors (Lipinski definition) is 6. The molecule has 0 aliphatic carbocycles. The van der Waals surface area contributed by atoms with E-state index in [0.717, 1.165) is 34.3 Å². The molecule has 1 aromatic carbocycles. The summed E-state index contributed by atoms with van der Waals surface area (Å²) in [5.41, 5.74) is 1.93. The molecule has 0 spiro atoms. The lowest BCUT2D eigenvalue weighted by Crippen LogP contribution is -2.49. The van der Waals surface area contributed by atoms with Gasteiger partial charge in [0.2, 0.25) is 0 Å². The summed E-state index contributed by atoms with van der Waals surface area (Å²) in [7, 11) is 0. The number of H-pyrrole nitrogens is 1. The fourth-order valence-corrected chi connectivity index (χ4v) is 4.01. The number of nitrogens with one attached hydrogen (secondary N) is 2. The molecule has 1 aliphatic rings. The Morgan fingerprint density at radius 3 is 2.55 bits per heavy atom. The van der Waals surface area contributed by atoms with Crippen LogP contribution in [0.2, 0.25) is 0 Å². The minimum absolute atomic E-state index is 0.0653. The molecule has 0 bridgehead atoms. The molecule has 0 radical (unpaired) electrons. The van der Waals surface area contributed by atoms with E-state index in [0.29, 0.717) is 38.8 Å². The highest BCUT2D eigenvalue weighted by molar-refractivity contribution is 5.87. The van der Waals surface area contributed by atoms with Gasteiger partial charge in [0.05, 0.1) is 0 Å². The number of benzene rings is 1. The first-order chi connectivity index (χ1) is 14.9. The summed E-state index contributed by atoms with van der Waals surface area (Å²) in [5.74, 6) is 2.22. The van der Waals surface area contributed by atoms with E-state index in [2.05, 4.69) is 20.4 Å². The highest BCUT2D eigenvalue weighted by Crippen LogP contribution is 2.29. The van der Waals surface area contributed by atoms with Crippen LogP contribution in [0.1, 0.15) is 36.1 Å². The van der Waals surface area contributed by atoms with Crippen molar-refractivity contribution in [2.24, 2.45) is 0 Å². The number of nitrogens with zero attached hydrogens (tertiary/aromatic N) is 3. The smallest absolute Gasteiger partial charge is 0.164 e. The molecule has 4 rings (SSSR count). The zero-order valence-electron chi connectivity index (χ0n) is 18.1. The van der Waals surface area contributed by atoms with Crippen LogP contribution < -0.4 is 10.2 Å². The number of aryl methyl sites for hydroxylation is 3. The maximum Gasteiger partial charge on any atom is 0.164 e. The van der Waals surface area contributed by atoms with E-state index in [1.54, 1.807) is 0 Å². The van der Waals surface area contributed by atoms with Crippen molar-refractivity contribution in [3.63, 3.8) is 0 Å². The number of aromatic amines is 1. The number of pyridine rings is 1. The Balaban J connectivity index is 1.38. The van der Waals surface area contributed by atoms with Gasteiger partial charge in [-0.25, -0.2) is 4.98 Å². The second-order valence-electron chi connectivity index (χ2n) is 8.38. The standard InChI is InChI=1S/C24H29N5O2/c1-17-14-21(25-22-16-18(2)27-28-22)26-23(15-17)29-12-10-24(31,11-13-29)20(30)9-8-19-6-4-3-5-7-19/h3-7,14-16,31H,8-13H2,1-2H3,(H2,25,26,27,28). The molecule has 2 aromatic heterocycles. The van der Waals surface area contributed by atoms with Gasteiger partial charge in [0.25, 0.3) is 0 Å². The van der Waals surface area contributed by atoms with Gasteiger partial charge in [-0.1, -0.05) is 30.3 Å². The van der Waals surface area contributed by atoms with Gasteiger partial charge >= 0.3 is 0 Å². The van der Waals surface area contributed by atoms with Gasteiger partial charge in [0, 0.05) is 44.1 Å². The molecule has 1 saturated heterocycles. The first kappa shape index (κ1) is 21.1. The van der Waals surface area contributed by atoms with Crippen LogP contribution >= 0.6 is 0 Å². The summed E-state index contributed by atoms with van der Waals surface area (Å²) in [4.78, 5) is 19.6. The molecule has 3 heterocycles. The molecule has 162 valence electrons. The number of anilines is 3. The van der Waals surface area contributed by atoms with Crippen LogP contribution in [0, 0.1) is 13.8 Å². The fourth-order valence-electron chi connectivity index (χ4n) is 4.01. The molecule has 31 heavy (non-hydrogen) atoms. The Morgan fingerprint density at radius 1 is 1.13 bits per heavy atom. The zero-order valence-corrected chi connectivity index (χ0v) is 18.1. The van der Waals surface area contributed by atoms with E-state index < -0.39 is 5.60 Å². The van der Waals surface area contributed by atoms with Crippen molar-refractivity contribution in [2.45, 2.75) is 45.1 Å². The van der Waals surface area contributed by atoms with Gasteiger partial charge in [0.1, 0.15) is 17.2 Å². The lowest BCUT2D eigenvalue weighted by atomic mass is 9.84. The van der Waals surface area contributed by atoms with Crippen LogP contribution in [0.5, 0.6) is 0 Å². The van der Waals surface area contributed by atoms with Gasteiger partial charge in [-0.3, -0.25) is 9.89 Å². The quantitative estimate of drug-likeness (QED) is 0.541. The third kappa shape index (κ3) is 5.11. The van der Waals surface area contributed by atoms with Crippen molar-refractivity contribution in [1.29, 1.82) is 0 Å². The Hall–Kier alpha value is -3.19. The Kier molecular flexibility index (Phi) is 6.04. The Bertz CT molecular complexity index is 1040. The monoisotopic (exact) mass is 419 g/mol. The summed E-state index contributed by atoms with van der Waals surface area (Å²) in [6.07, 6.45) is 1.85. The van der Waals surface area contributed by atoms with Crippen LogP contribution in [-0.2, 0) is 11.2 Å². The summed E-state index contributed by atoms with van der Waals surface area (Å²) < 4.78 is 0. The molecule has 0 saturated carbocycles. The zero-order chi connectivity index (χ0) is 21.8. The average molecular weight is 420 g/mol. The molecule has 3 N–H and O–H groups in total. The number of Topliss-reactive ketones (excluding diaryl/α,β-unsaturated/α-hetero) is 1. The van der Waals surface area contributed by atoms with E-state index in [1.807, 2.05) is 62.4 Å². The van der Waals surface area contributed by atoms with Crippen LogP contribution in [0.15, 0.2) is 48.5 Å². The number of piperidine rings is 1.